The molecule has 0 aliphatic carbocycles. The molecule has 2 aliphatic heterocycles. The van der Waals surface area contributed by atoms with Crippen LogP contribution in [0.25, 0.3) is 0 Å². The number of amides is 2. The second kappa shape index (κ2) is 10.1. The quantitative estimate of drug-likeness (QED) is 0.526. The smallest absolute Gasteiger partial charge is 0.369 e. The molecule has 3 N–H and O–H groups in total. The lowest BCUT2D eigenvalue weighted by Gasteiger charge is -2.37. The number of halogens is 3. The minimum absolute atomic E-state index is 0.00649. The molecule has 1 unspecified atom stereocenters. The fraction of sp³-hybridized carbons (Fsp3) is 0.500. The fourth-order valence-electron chi connectivity index (χ4n) is 4.50. The van der Waals surface area contributed by atoms with E-state index in [4.69, 9.17) is 0 Å². The van der Waals surface area contributed by atoms with E-state index in [1.807, 2.05) is 18.7 Å². The Morgan fingerprint density at radius 1 is 1.29 bits per heavy atom. The Morgan fingerprint density at radius 2 is 2.09 bits per heavy atom. The average Bonchev–Trinajstić information content (AvgIpc) is 3.17. The maximum Gasteiger partial charge on any atom is 0.421 e. The fourth-order valence-corrected chi connectivity index (χ4v) is 4.50. The Labute approximate surface area is 201 Å². The zero-order valence-electron chi connectivity index (χ0n) is 19.7. The molecule has 1 fully saturated rings. The van der Waals surface area contributed by atoms with Crippen LogP contribution < -0.4 is 16.0 Å². The molecule has 0 saturated carbocycles. The Kier molecular flexibility index (Phi) is 7.13. The first-order valence-electron chi connectivity index (χ1n) is 11.8. The number of nitrogens with one attached hydrogen (secondary N) is 3. The van der Waals surface area contributed by atoms with E-state index in [0.29, 0.717) is 24.3 Å². The summed E-state index contributed by atoms with van der Waals surface area (Å²) >= 11 is 0. The molecule has 0 radical (unpaired) electrons. The molecule has 2 amide bonds. The predicted octanol–water partition coefficient (Wildman–Crippen LogP) is 4.57. The lowest BCUT2D eigenvalue weighted by Crippen LogP contribution is -2.46. The number of aromatic nitrogens is 2. The molecule has 1 atom stereocenters. The van der Waals surface area contributed by atoms with Gasteiger partial charge in [0.15, 0.2) is 0 Å². The van der Waals surface area contributed by atoms with Crippen molar-refractivity contribution in [3.8, 4) is 0 Å². The second-order valence-corrected chi connectivity index (χ2v) is 9.23. The van der Waals surface area contributed by atoms with Crippen LogP contribution in [0.3, 0.4) is 0 Å². The van der Waals surface area contributed by atoms with Gasteiger partial charge in [0.1, 0.15) is 11.4 Å². The average molecular weight is 491 g/mol. The number of nitrogens with zero attached hydrogens (tertiary/aromatic N) is 3. The molecular formula is C24H29F3N6O2. The number of rotatable bonds is 7. The van der Waals surface area contributed by atoms with Crippen LogP contribution in [0.15, 0.2) is 24.4 Å². The number of alkyl halides is 3. The summed E-state index contributed by atoms with van der Waals surface area (Å²) in [7, 11) is 0. The maximum absolute atomic E-state index is 13.6. The number of hydrogen-bond donors (Lipinski definition) is 3. The normalized spacial score (nSPS) is 17.8. The third-order valence-electron chi connectivity index (χ3n) is 6.25. The zero-order valence-corrected chi connectivity index (χ0v) is 19.7. The van der Waals surface area contributed by atoms with Crippen LogP contribution >= 0.6 is 0 Å². The standard InChI is InChI=1S/C24H29F3N6O2/c1-14(2)22(35)33-10-4-3-5-17(33)8-9-28-21-18(24(25,26)27)13-29-23(32-21)30-16-6-7-19-15(11-16)12-20(34)31-19/h6-7,11,13-14,17H,3-5,8-10,12H2,1-2H3,(H,31,34)(H2,28,29,30,32). The molecule has 4 rings (SSSR count). The SMILES string of the molecule is CC(C)C(=O)N1CCCCC1CCNc1nc(Nc2ccc3c(c2)CC(=O)N3)ncc1C(F)(F)F. The maximum atomic E-state index is 13.6. The van der Waals surface area contributed by atoms with Crippen LogP contribution in [0.2, 0.25) is 0 Å². The van der Waals surface area contributed by atoms with Crippen LogP contribution in [0, 0.1) is 5.92 Å². The van der Waals surface area contributed by atoms with Gasteiger partial charge in [0.05, 0.1) is 6.42 Å². The minimum Gasteiger partial charge on any atom is -0.369 e. The van der Waals surface area contributed by atoms with Gasteiger partial charge in [-0.2, -0.15) is 18.2 Å². The van der Waals surface area contributed by atoms with E-state index in [9.17, 15) is 22.8 Å². The highest BCUT2D eigenvalue weighted by molar-refractivity contribution is 5.99. The summed E-state index contributed by atoms with van der Waals surface area (Å²) in [6.45, 7) is 4.62. The Balaban J connectivity index is 1.47. The third-order valence-corrected chi connectivity index (χ3v) is 6.25. The number of hydrogen-bond acceptors (Lipinski definition) is 6. The van der Waals surface area contributed by atoms with E-state index in [-0.39, 0.29) is 48.5 Å². The molecule has 1 saturated heterocycles. The van der Waals surface area contributed by atoms with Crippen molar-refractivity contribution >= 4 is 35.0 Å². The van der Waals surface area contributed by atoms with E-state index in [0.717, 1.165) is 31.0 Å². The summed E-state index contributed by atoms with van der Waals surface area (Å²) < 4.78 is 40.8. The molecule has 188 valence electrons. The van der Waals surface area contributed by atoms with Crippen LogP contribution in [-0.2, 0) is 22.2 Å². The van der Waals surface area contributed by atoms with Crippen LogP contribution in [0.1, 0.15) is 50.7 Å². The van der Waals surface area contributed by atoms with Gasteiger partial charge in [-0.15, -0.1) is 0 Å². The highest BCUT2D eigenvalue weighted by Crippen LogP contribution is 2.35. The van der Waals surface area contributed by atoms with Crippen molar-refractivity contribution in [2.75, 3.05) is 29.0 Å². The van der Waals surface area contributed by atoms with E-state index >= 15 is 0 Å². The van der Waals surface area contributed by atoms with Crippen molar-refractivity contribution in [3.05, 3.63) is 35.5 Å². The number of anilines is 4. The summed E-state index contributed by atoms with van der Waals surface area (Å²) in [5.74, 6) is -0.465. The number of benzene rings is 1. The second-order valence-electron chi connectivity index (χ2n) is 9.23. The largest absolute Gasteiger partial charge is 0.421 e. The van der Waals surface area contributed by atoms with Gasteiger partial charge < -0.3 is 20.9 Å². The molecule has 2 aromatic rings. The summed E-state index contributed by atoms with van der Waals surface area (Å²) in [6.07, 6.45) is -0.343. The van der Waals surface area contributed by atoms with E-state index in [1.165, 1.54) is 0 Å². The van der Waals surface area contributed by atoms with E-state index < -0.39 is 11.7 Å². The third kappa shape index (κ3) is 5.83. The van der Waals surface area contributed by atoms with Gasteiger partial charge in [0.25, 0.3) is 0 Å². The van der Waals surface area contributed by atoms with Gasteiger partial charge in [-0.1, -0.05) is 13.8 Å². The molecule has 1 aromatic heterocycles. The van der Waals surface area contributed by atoms with Crippen molar-refractivity contribution < 1.29 is 22.8 Å². The van der Waals surface area contributed by atoms with Gasteiger partial charge in [-0.25, -0.2) is 4.98 Å². The van der Waals surface area contributed by atoms with Crippen LogP contribution in [-0.4, -0.2) is 45.8 Å². The first kappa shape index (κ1) is 24.7. The van der Waals surface area contributed by atoms with Crippen molar-refractivity contribution in [1.82, 2.24) is 14.9 Å². The number of likely N-dealkylation sites (tertiary alicyclic amines) is 1. The van der Waals surface area contributed by atoms with Crippen LogP contribution in [0.5, 0.6) is 0 Å². The van der Waals surface area contributed by atoms with Gasteiger partial charge in [-0.3, -0.25) is 9.59 Å². The van der Waals surface area contributed by atoms with Gasteiger partial charge in [0, 0.05) is 42.6 Å². The lowest BCUT2D eigenvalue weighted by molar-refractivity contribution is -0.138. The van der Waals surface area contributed by atoms with Gasteiger partial charge in [0.2, 0.25) is 17.8 Å². The molecular weight excluding hydrogens is 461 g/mol. The van der Waals surface area contributed by atoms with Crippen molar-refractivity contribution in [3.63, 3.8) is 0 Å². The zero-order chi connectivity index (χ0) is 25.2. The summed E-state index contributed by atoms with van der Waals surface area (Å²) in [5.41, 5.74) is 1.11. The topological polar surface area (TPSA) is 99.3 Å². The number of piperidine rings is 1. The molecule has 8 nitrogen and oxygen atoms in total. The Morgan fingerprint density at radius 3 is 2.83 bits per heavy atom. The molecule has 2 aliphatic rings. The van der Waals surface area contributed by atoms with E-state index in [2.05, 4.69) is 25.9 Å². The predicted molar refractivity (Wildman–Crippen MR) is 126 cm³/mol. The highest BCUT2D eigenvalue weighted by atomic mass is 19.4. The molecule has 0 bridgehead atoms. The van der Waals surface area contributed by atoms with Crippen molar-refractivity contribution in [2.45, 2.75) is 58.2 Å². The first-order valence-corrected chi connectivity index (χ1v) is 11.8. The van der Waals surface area contributed by atoms with Crippen molar-refractivity contribution in [1.29, 1.82) is 0 Å². The Bertz CT molecular complexity index is 1110. The molecule has 35 heavy (non-hydrogen) atoms. The lowest BCUT2D eigenvalue weighted by atomic mass is 9.97. The summed E-state index contributed by atoms with van der Waals surface area (Å²) in [5, 5.41) is 8.48. The molecule has 3 heterocycles. The summed E-state index contributed by atoms with van der Waals surface area (Å²) in [6, 6.07) is 5.15. The summed E-state index contributed by atoms with van der Waals surface area (Å²) in [4.78, 5) is 33.9. The van der Waals surface area contributed by atoms with Gasteiger partial charge >= 0.3 is 6.18 Å². The number of carbonyl (C=O) groups excluding carboxylic acids is 2. The minimum atomic E-state index is -4.62. The van der Waals surface area contributed by atoms with E-state index in [1.54, 1.807) is 18.2 Å². The first-order chi connectivity index (χ1) is 16.6. The van der Waals surface area contributed by atoms with Crippen LogP contribution in [0.4, 0.5) is 36.3 Å². The van der Waals surface area contributed by atoms with Crippen molar-refractivity contribution in [2.24, 2.45) is 5.92 Å². The highest BCUT2D eigenvalue weighted by Gasteiger charge is 2.35. The Hall–Kier alpha value is -3.37. The monoisotopic (exact) mass is 490 g/mol. The number of carbonyl (C=O) groups is 2. The molecule has 1 aromatic carbocycles. The molecule has 0 spiro atoms. The molecule has 11 heteroatoms. The van der Waals surface area contributed by atoms with Gasteiger partial charge in [-0.05, 0) is 49.4 Å². The number of fused-ring (bicyclic) bond motifs is 1.